The van der Waals surface area contributed by atoms with Crippen LogP contribution in [0.4, 0.5) is 18.9 Å². The van der Waals surface area contributed by atoms with E-state index in [0.29, 0.717) is 5.69 Å². The highest BCUT2D eigenvalue weighted by molar-refractivity contribution is 5.94. The van der Waals surface area contributed by atoms with Gasteiger partial charge in [-0.2, -0.15) is 13.2 Å². The second kappa shape index (κ2) is 6.56. The van der Waals surface area contributed by atoms with Crippen LogP contribution in [0.15, 0.2) is 18.3 Å². The number of pyridine rings is 1. The maximum absolute atomic E-state index is 11.9. The molecule has 0 saturated heterocycles. The van der Waals surface area contributed by atoms with Crippen molar-refractivity contribution < 1.29 is 22.7 Å². The van der Waals surface area contributed by atoms with E-state index < -0.39 is 18.8 Å². The van der Waals surface area contributed by atoms with Gasteiger partial charge in [-0.1, -0.05) is 13.8 Å². The van der Waals surface area contributed by atoms with Gasteiger partial charge in [-0.3, -0.25) is 4.79 Å². The SMILES string of the molecule is CC(C)C(N)C(=O)Nc1ccc(OCC(F)(F)F)nc1. The van der Waals surface area contributed by atoms with Gasteiger partial charge in [-0.05, 0) is 12.0 Å². The lowest BCUT2D eigenvalue weighted by Gasteiger charge is -2.15. The third-order valence-electron chi connectivity index (χ3n) is 2.41. The number of carbonyl (C=O) groups is 1. The van der Waals surface area contributed by atoms with Crippen LogP contribution in [-0.4, -0.2) is 29.7 Å². The first kappa shape index (κ1) is 16.2. The molecule has 0 aromatic carbocycles. The lowest BCUT2D eigenvalue weighted by atomic mass is 10.1. The molecule has 0 saturated carbocycles. The number of amides is 1. The minimum atomic E-state index is -4.42. The van der Waals surface area contributed by atoms with Gasteiger partial charge in [-0.15, -0.1) is 0 Å². The first-order valence-corrected chi connectivity index (χ1v) is 5.91. The molecular formula is C12H16F3N3O2. The molecule has 20 heavy (non-hydrogen) atoms. The third kappa shape index (κ3) is 5.43. The van der Waals surface area contributed by atoms with Crippen LogP contribution in [0.25, 0.3) is 0 Å². The van der Waals surface area contributed by atoms with Crippen molar-refractivity contribution in [3.05, 3.63) is 18.3 Å². The highest BCUT2D eigenvalue weighted by Crippen LogP contribution is 2.18. The minimum Gasteiger partial charge on any atom is -0.468 e. The highest BCUT2D eigenvalue weighted by atomic mass is 19.4. The fraction of sp³-hybridized carbons (Fsp3) is 0.500. The van der Waals surface area contributed by atoms with Crippen LogP contribution in [0.1, 0.15) is 13.8 Å². The Bertz CT molecular complexity index is 446. The molecule has 1 amide bonds. The number of alkyl halides is 3. The predicted octanol–water partition coefficient (Wildman–Crippen LogP) is 1.94. The van der Waals surface area contributed by atoms with Crippen LogP contribution in [-0.2, 0) is 4.79 Å². The summed E-state index contributed by atoms with van der Waals surface area (Å²) in [5, 5.41) is 2.52. The highest BCUT2D eigenvalue weighted by Gasteiger charge is 2.28. The molecule has 1 rings (SSSR count). The largest absolute Gasteiger partial charge is 0.468 e. The average molecular weight is 291 g/mol. The summed E-state index contributed by atoms with van der Waals surface area (Å²) in [4.78, 5) is 15.3. The molecule has 1 atom stereocenters. The van der Waals surface area contributed by atoms with E-state index in [1.54, 1.807) is 13.8 Å². The minimum absolute atomic E-state index is 0.0302. The smallest absolute Gasteiger partial charge is 0.422 e. The van der Waals surface area contributed by atoms with Gasteiger partial charge < -0.3 is 15.8 Å². The van der Waals surface area contributed by atoms with Gasteiger partial charge in [0.25, 0.3) is 0 Å². The lowest BCUT2D eigenvalue weighted by Crippen LogP contribution is -2.39. The topological polar surface area (TPSA) is 77.2 Å². The van der Waals surface area contributed by atoms with E-state index in [4.69, 9.17) is 5.73 Å². The van der Waals surface area contributed by atoms with E-state index >= 15 is 0 Å². The van der Waals surface area contributed by atoms with Crippen molar-refractivity contribution >= 4 is 11.6 Å². The van der Waals surface area contributed by atoms with Crippen LogP contribution in [0.5, 0.6) is 5.88 Å². The molecule has 1 aromatic rings. The average Bonchev–Trinajstić information content (AvgIpc) is 2.36. The number of anilines is 1. The number of halogens is 3. The Morgan fingerprint density at radius 1 is 1.45 bits per heavy atom. The second-order valence-corrected chi connectivity index (χ2v) is 4.55. The number of nitrogens with one attached hydrogen (secondary N) is 1. The summed E-state index contributed by atoms with van der Waals surface area (Å²) >= 11 is 0. The predicted molar refractivity (Wildman–Crippen MR) is 67.2 cm³/mol. The molecule has 5 nitrogen and oxygen atoms in total. The van der Waals surface area contributed by atoms with Crippen LogP contribution in [0.2, 0.25) is 0 Å². The Morgan fingerprint density at radius 3 is 2.55 bits per heavy atom. The molecule has 0 aliphatic carbocycles. The van der Waals surface area contributed by atoms with E-state index in [-0.39, 0.29) is 17.7 Å². The maximum atomic E-state index is 11.9. The Balaban J connectivity index is 2.57. The van der Waals surface area contributed by atoms with Crippen molar-refractivity contribution in [1.29, 1.82) is 0 Å². The first-order valence-electron chi connectivity index (χ1n) is 5.91. The number of carbonyl (C=O) groups excluding carboxylic acids is 1. The normalized spacial score (nSPS) is 13.2. The maximum Gasteiger partial charge on any atom is 0.422 e. The number of rotatable bonds is 5. The number of ether oxygens (including phenoxy) is 1. The molecule has 0 aliphatic rings. The summed E-state index contributed by atoms with van der Waals surface area (Å²) in [6.45, 7) is 2.19. The lowest BCUT2D eigenvalue weighted by molar-refractivity contribution is -0.154. The zero-order chi connectivity index (χ0) is 15.3. The van der Waals surface area contributed by atoms with Gasteiger partial charge in [0.1, 0.15) is 0 Å². The van der Waals surface area contributed by atoms with Gasteiger partial charge in [0.15, 0.2) is 6.61 Å². The Hall–Kier alpha value is -1.83. The first-order chi connectivity index (χ1) is 9.19. The molecule has 0 aliphatic heterocycles. The van der Waals surface area contributed by atoms with Crippen LogP contribution < -0.4 is 15.8 Å². The molecule has 112 valence electrons. The zero-order valence-electron chi connectivity index (χ0n) is 11.1. The van der Waals surface area contributed by atoms with Crippen LogP contribution in [0.3, 0.4) is 0 Å². The second-order valence-electron chi connectivity index (χ2n) is 4.55. The molecule has 1 aromatic heterocycles. The van der Waals surface area contributed by atoms with Gasteiger partial charge in [0.05, 0.1) is 17.9 Å². The van der Waals surface area contributed by atoms with Crippen LogP contribution >= 0.6 is 0 Å². The number of nitrogens with two attached hydrogens (primary N) is 1. The van der Waals surface area contributed by atoms with Crippen LogP contribution in [0, 0.1) is 5.92 Å². The number of nitrogens with zero attached hydrogens (tertiary/aromatic N) is 1. The summed E-state index contributed by atoms with van der Waals surface area (Å²) in [5.74, 6) is -0.586. The van der Waals surface area contributed by atoms with Crippen molar-refractivity contribution in [1.82, 2.24) is 4.98 Å². The van der Waals surface area contributed by atoms with E-state index in [1.165, 1.54) is 18.3 Å². The third-order valence-corrected chi connectivity index (χ3v) is 2.41. The fourth-order valence-electron chi connectivity index (χ4n) is 1.22. The van der Waals surface area contributed by atoms with E-state index in [0.717, 1.165) is 0 Å². The van der Waals surface area contributed by atoms with Gasteiger partial charge >= 0.3 is 6.18 Å². The summed E-state index contributed by atoms with van der Waals surface area (Å²) in [6.07, 6.45) is -3.21. The molecule has 0 fully saturated rings. The quantitative estimate of drug-likeness (QED) is 0.869. The number of hydrogen-bond acceptors (Lipinski definition) is 4. The summed E-state index contributed by atoms with van der Waals surface area (Å²) in [6, 6.07) is 1.96. The molecular weight excluding hydrogens is 275 g/mol. The monoisotopic (exact) mass is 291 g/mol. The van der Waals surface area contributed by atoms with E-state index in [2.05, 4.69) is 15.0 Å². The molecule has 1 heterocycles. The molecule has 0 radical (unpaired) electrons. The molecule has 8 heteroatoms. The van der Waals surface area contributed by atoms with Gasteiger partial charge in [0, 0.05) is 6.07 Å². The van der Waals surface area contributed by atoms with Crippen molar-refractivity contribution in [3.63, 3.8) is 0 Å². The number of aromatic nitrogens is 1. The Morgan fingerprint density at radius 2 is 2.10 bits per heavy atom. The summed E-state index contributed by atoms with van der Waals surface area (Å²) < 4.78 is 40.2. The Labute approximate surface area is 114 Å². The fourth-order valence-corrected chi connectivity index (χ4v) is 1.22. The van der Waals surface area contributed by atoms with Crippen molar-refractivity contribution in [3.8, 4) is 5.88 Å². The standard InChI is InChI=1S/C12H16F3N3O2/c1-7(2)10(16)11(19)18-8-3-4-9(17-5-8)20-6-12(13,14)15/h3-5,7,10H,6,16H2,1-2H3,(H,18,19). The van der Waals surface area contributed by atoms with Gasteiger partial charge in [-0.25, -0.2) is 4.98 Å². The molecule has 1 unspecified atom stereocenters. The van der Waals surface area contributed by atoms with E-state index in [9.17, 15) is 18.0 Å². The summed E-state index contributed by atoms with van der Waals surface area (Å²) in [7, 11) is 0. The van der Waals surface area contributed by atoms with Crippen molar-refractivity contribution in [2.24, 2.45) is 11.7 Å². The number of hydrogen-bond donors (Lipinski definition) is 2. The van der Waals surface area contributed by atoms with Crippen molar-refractivity contribution in [2.75, 3.05) is 11.9 Å². The molecule has 0 spiro atoms. The van der Waals surface area contributed by atoms with Gasteiger partial charge in [0.2, 0.25) is 11.8 Å². The Kier molecular flexibility index (Phi) is 5.32. The molecule has 3 N–H and O–H groups in total. The summed E-state index contributed by atoms with van der Waals surface area (Å²) in [5.41, 5.74) is 5.99. The molecule has 0 bridgehead atoms. The zero-order valence-corrected chi connectivity index (χ0v) is 11.1. The van der Waals surface area contributed by atoms with E-state index in [1.807, 2.05) is 0 Å². The van der Waals surface area contributed by atoms with Crippen molar-refractivity contribution in [2.45, 2.75) is 26.1 Å².